The molecule has 1 aromatic carbocycles. The number of amides is 2. The molecule has 2 aliphatic rings. The summed E-state index contributed by atoms with van der Waals surface area (Å²) in [6.45, 7) is 0. The maximum absolute atomic E-state index is 13.3. The van der Waals surface area contributed by atoms with Crippen LogP contribution in [0.15, 0.2) is 18.2 Å². The Balaban J connectivity index is 1.76. The molecular formula is C15H16ClFN2O2. The molecule has 1 unspecified atom stereocenters. The molecule has 4 nitrogen and oxygen atoms in total. The van der Waals surface area contributed by atoms with E-state index in [2.05, 4.69) is 5.32 Å². The topological polar surface area (TPSA) is 49.4 Å². The quantitative estimate of drug-likeness (QED) is 0.873. The van der Waals surface area contributed by atoms with Gasteiger partial charge in [0, 0.05) is 6.04 Å². The summed E-state index contributed by atoms with van der Waals surface area (Å²) in [4.78, 5) is 25.9. The summed E-state index contributed by atoms with van der Waals surface area (Å²) in [5.74, 6) is -0.824. The number of hydrogen-bond donors (Lipinski definition) is 1. The molecule has 1 aromatic rings. The molecule has 1 aliphatic heterocycles. The van der Waals surface area contributed by atoms with Crippen LogP contribution >= 0.6 is 11.6 Å². The second kappa shape index (κ2) is 5.64. The van der Waals surface area contributed by atoms with Crippen LogP contribution in [-0.2, 0) is 9.59 Å². The van der Waals surface area contributed by atoms with E-state index in [-0.39, 0.29) is 24.3 Å². The number of nitrogens with one attached hydrogen (secondary N) is 1. The number of likely N-dealkylation sites (tertiary alicyclic amines) is 1. The van der Waals surface area contributed by atoms with Crippen LogP contribution in [0, 0.1) is 5.82 Å². The van der Waals surface area contributed by atoms with Crippen molar-refractivity contribution >= 4 is 29.1 Å². The molecule has 0 aromatic heterocycles. The third-order valence-corrected chi connectivity index (χ3v) is 4.46. The lowest BCUT2D eigenvalue weighted by atomic mass is 10.2. The Bertz CT molecular complexity index is 587. The van der Waals surface area contributed by atoms with Crippen LogP contribution in [0.25, 0.3) is 0 Å². The summed E-state index contributed by atoms with van der Waals surface area (Å²) in [5.41, 5.74) is 0.344. The largest absolute Gasteiger partial charge is 0.372 e. The molecule has 2 amide bonds. The summed E-state index contributed by atoms with van der Waals surface area (Å²) in [5, 5.41) is 3.23. The number of hydrogen-bond acceptors (Lipinski definition) is 3. The van der Waals surface area contributed by atoms with Crippen LogP contribution in [0.5, 0.6) is 0 Å². The van der Waals surface area contributed by atoms with Crippen LogP contribution in [0.1, 0.15) is 32.1 Å². The number of carbonyl (C=O) groups is 2. The molecule has 1 saturated carbocycles. The number of imide groups is 1. The van der Waals surface area contributed by atoms with Gasteiger partial charge in [-0.05, 0) is 31.0 Å². The van der Waals surface area contributed by atoms with Gasteiger partial charge < -0.3 is 5.32 Å². The molecule has 112 valence electrons. The summed E-state index contributed by atoms with van der Waals surface area (Å²) in [6.07, 6.45) is 3.96. The van der Waals surface area contributed by atoms with E-state index in [0.29, 0.717) is 10.7 Å². The van der Waals surface area contributed by atoms with Crippen molar-refractivity contribution in [3.63, 3.8) is 0 Å². The summed E-state index contributed by atoms with van der Waals surface area (Å²) < 4.78 is 13.3. The van der Waals surface area contributed by atoms with Crippen molar-refractivity contribution in [3.05, 3.63) is 29.0 Å². The van der Waals surface area contributed by atoms with Gasteiger partial charge in [-0.2, -0.15) is 0 Å². The zero-order valence-electron chi connectivity index (χ0n) is 11.4. The van der Waals surface area contributed by atoms with Crippen molar-refractivity contribution < 1.29 is 14.0 Å². The molecule has 21 heavy (non-hydrogen) atoms. The third-order valence-electron chi connectivity index (χ3n) is 4.13. The average Bonchev–Trinajstić information content (AvgIpc) is 3.03. The van der Waals surface area contributed by atoms with Crippen LogP contribution in [0.3, 0.4) is 0 Å². The molecule has 2 fully saturated rings. The molecule has 1 heterocycles. The lowest BCUT2D eigenvalue weighted by molar-refractivity contribution is -0.141. The predicted octanol–water partition coefficient (Wildman–Crippen LogP) is 2.96. The van der Waals surface area contributed by atoms with Gasteiger partial charge in [-0.25, -0.2) is 4.39 Å². The van der Waals surface area contributed by atoms with Crippen LogP contribution in [0.4, 0.5) is 10.1 Å². The van der Waals surface area contributed by atoms with E-state index in [4.69, 9.17) is 11.6 Å². The number of benzene rings is 1. The molecule has 1 saturated heterocycles. The summed E-state index contributed by atoms with van der Waals surface area (Å²) in [7, 11) is 0. The van der Waals surface area contributed by atoms with Gasteiger partial charge in [-0.15, -0.1) is 0 Å². The molecule has 3 rings (SSSR count). The Kier molecular flexibility index (Phi) is 3.85. The predicted molar refractivity (Wildman–Crippen MR) is 77.5 cm³/mol. The molecule has 1 atom stereocenters. The fraction of sp³-hybridized carbons (Fsp3) is 0.467. The van der Waals surface area contributed by atoms with Crippen molar-refractivity contribution in [3.8, 4) is 0 Å². The number of halogens is 2. The van der Waals surface area contributed by atoms with Crippen LogP contribution in [0.2, 0.25) is 5.02 Å². The minimum Gasteiger partial charge on any atom is -0.372 e. The van der Waals surface area contributed by atoms with Gasteiger partial charge in [-0.3, -0.25) is 14.5 Å². The Hall–Kier alpha value is -1.62. The Labute approximate surface area is 127 Å². The minimum absolute atomic E-state index is 0.0276. The highest BCUT2D eigenvalue weighted by Gasteiger charge is 2.43. The molecule has 0 bridgehead atoms. The monoisotopic (exact) mass is 310 g/mol. The van der Waals surface area contributed by atoms with Gasteiger partial charge in [0.25, 0.3) is 5.91 Å². The second-order valence-corrected chi connectivity index (χ2v) is 5.97. The third kappa shape index (κ3) is 2.75. The van der Waals surface area contributed by atoms with Crippen molar-refractivity contribution in [2.45, 2.75) is 44.2 Å². The Morgan fingerprint density at radius 2 is 1.95 bits per heavy atom. The van der Waals surface area contributed by atoms with Gasteiger partial charge in [0.2, 0.25) is 5.91 Å². The molecular weight excluding hydrogens is 295 g/mol. The average molecular weight is 311 g/mol. The van der Waals surface area contributed by atoms with E-state index in [1.54, 1.807) is 0 Å². The number of rotatable bonds is 3. The van der Waals surface area contributed by atoms with Crippen LogP contribution in [-0.4, -0.2) is 28.8 Å². The van der Waals surface area contributed by atoms with E-state index in [1.165, 1.54) is 23.1 Å². The Morgan fingerprint density at radius 1 is 1.24 bits per heavy atom. The van der Waals surface area contributed by atoms with Gasteiger partial charge >= 0.3 is 0 Å². The highest BCUT2D eigenvalue weighted by atomic mass is 35.5. The molecule has 1 N–H and O–H groups in total. The standard InChI is InChI=1S/C15H16ClFN2O2/c16-11-6-5-9(17)7-12(11)18-13-8-14(20)19(15(13)21)10-3-1-2-4-10/h5-7,10,13,18H,1-4,8H2. The van der Waals surface area contributed by atoms with E-state index >= 15 is 0 Å². The summed E-state index contributed by atoms with van der Waals surface area (Å²) in [6, 6.07) is 3.28. The van der Waals surface area contributed by atoms with E-state index < -0.39 is 11.9 Å². The lowest BCUT2D eigenvalue weighted by Crippen LogP contribution is -2.41. The van der Waals surface area contributed by atoms with Gasteiger partial charge in [-0.1, -0.05) is 24.4 Å². The van der Waals surface area contributed by atoms with Gasteiger partial charge in [0.1, 0.15) is 11.9 Å². The van der Waals surface area contributed by atoms with Crippen molar-refractivity contribution in [2.24, 2.45) is 0 Å². The Morgan fingerprint density at radius 3 is 2.67 bits per heavy atom. The minimum atomic E-state index is -0.655. The first kappa shape index (κ1) is 14.3. The first-order valence-corrected chi connectivity index (χ1v) is 7.51. The first-order valence-electron chi connectivity index (χ1n) is 7.14. The zero-order valence-corrected chi connectivity index (χ0v) is 12.2. The molecule has 6 heteroatoms. The first-order chi connectivity index (χ1) is 10.1. The number of nitrogens with zero attached hydrogens (tertiary/aromatic N) is 1. The molecule has 1 aliphatic carbocycles. The molecule has 0 spiro atoms. The van der Waals surface area contributed by atoms with E-state index in [9.17, 15) is 14.0 Å². The highest BCUT2D eigenvalue weighted by molar-refractivity contribution is 6.33. The summed E-state index contributed by atoms with van der Waals surface area (Å²) >= 11 is 5.98. The number of anilines is 1. The van der Waals surface area contributed by atoms with Crippen molar-refractivity contribution in [2.75, 3.05) is 5.32 Å². The highest BCUT2D eigenvalue weighted by Crippen LogP contribution is 2.30. The second-order valence-electron chi connectivity index (χ2n) is 5.57. The fourth-order valence-corrected chi connectivity index (χ4v) is 3.28. The van der Waals surface area contributed by atoms with E-state index in [1.807, 2.05) is 0 Å². The SMILES string of the molecule is O=C1CC(Nc2cc(F)ccc2Cl)C(=O)N1C1CCCC1. The van der Waals surface area contributed by atoms with Gasteiger partial charge in [0.15, 0.2) is 0 Å². The maximum Gasteiger partial charge on any atom is 0.252 e. The zero-order chi connectivity index (χ0) is 15.0. The van der Waals surface area contributed by atoms with E-state index in [0.717, 1.165) is 25.7 Å². The number of carbonyl (C=O) groups excluding carboxylic acids is 2. The maximum atomic E-state index is 13.3. The lowest BCUT2D eigenvalue weighted by Gasteiger charge is -2.22. The fourth-order valence-electron chi connectivity index (χ4n) is 3.11. The van der Waals surface area contributed by atoms with Gasteiger partial charge in [0.05, 0.1) is 17.1 Å². The normalized spacial score (nSPS) is 23.1. The smallest absolute Gasteiger partial charge is 0.252 e. The molecule has 0 radical (unpaired) electrons. The van der Waals surface area contributed by atoms with Crippen molar-refractivity contribution in [1.29, 1.82) is 0 Å². The van der Waals surface area contributed by atoms with Crippen LogP contribution < -0.4 is 5.32 Å². The van der Waals surface area contributed by atoms with Crippen molar-refractivity contribution in [1.82, 2.24) is 4.90 Å².